The summed E-state index contributed by atoms with van der Waals surface area (Å²) < 4.78 is 2.04. The Morgan fingerprint density at radius 3 is 2.62 bits per heavy atom. The van der Waals surface area contributed by atoms with Gasteiger partial charge in [0.2, 0.25) is 0 Å². The number of hydrogen-bond donors (Lipinski definition) is 1. The number of amides is 2. The number of nitrogens with one attached hydrogen (secondary N) is 1. The molecule has 0 aliphatic heterocycles. The van der Waals surface area contributed by atoms with Gasteiger partial charge in [0.15, 0.2) is 0 Å². The number of urea groups is 1. The van der Waals surface area contributed by atoms with Crippen LogP contribution >= 0.6 is 0 Å². The number of imidazole rings is 1. The van der Waals surface area contributed by atoms with Crippen LogP contribution in [0.1, 0.15) is 51.9 Å². The van der Waals surface area contributed by atoms with Gasteiger partial charge in [-0.05, 0) is 37.8 Å². The summed E-state index contributed by atoms with van der Waals surface area (Å²) in [4.78, 5) is 19.3. The summed E-state index contributed by atoms with van der Waals surface area (Å²) in [6.45, 7) is 11.8. The molecule has 132 valence electrons. The lowest BCUT2D eigenvalue weighted by Crippen LogP contribution is -2.47. The van der Waals surface area contributed by atoms with Crippen molar-refractivity contribution >= 4 is 11.7 Å². The first-order chi connectivity index (χ1) is 11.5. The molecule has 5 heteroatoms. The van der Waals surface area contributed by atoms with Crippen molar-refractivity contribution in [2.75, 3.05) is 6.54 Å². The van der Waals surface area contributed by atoms with Crippen molar-refractivity contribution in [2.45, 2.75) is 60.0 Å². The molecule has 0 aliphatic rings. The lowest BCUT2D eigenvalue weighted by atomic mass is 10.1. The minimum absolute atomic E-state index is 0.0164. The maximum atomic E-state index is 12.8. The molecule has 2 aromatic heterocycles. The van der Waals surface area contributed by atoms with E-state index in [9.17, 15) is 4.79 Å². The summed E-state index contributed by atoms with van der Waals surface area (Å²) in [6.07, 6.45) is 3.94. The molecular formula is C19H30N4O. The van der Waals surface area contributed by atoms with Crippen LogP contribution in [-0.2, 0) is 6.54 Å². The molecule has 0 saturated heterocycles. The fourth-order valence-electron chi connectivity index (χ4n) is 3.16. The Morgan fingerprint density at radius 1 is 1.29 bits per heavy atom. The molecule has 0 unspecified atom stereocenters. The molecule has 0 aromatic carbocycles. The van der Waals surface area contributed by atoms with Gasteiger partial charge in [-0.1, -0.05) is 33.8 Å². The molecule has 0 bridgehead atoms. The highest BCUT2D eigenvalue weighted by molar-refractivity contribution is 5.74. The fourth-order valence-corrected chi connectivity index (χ4v) is 3.16. The number of aryl methyl sites for hydroxylation is 1. The minimum atomic E-state index is 0.0164. The average molecular weight is 330 g/mol. The van der Waals surface area contributed by atoms with E-state index in [1.807, 2.05) is 40.6 Å². The maximum absolute atomic E-state index is 12.8. The van der Waals surface area contributed by atoms with E-state index < -0.39 is 0 Å². The summed E-state index contributed by atoms with van der Waals surface area (Å²) in [5.74, 6) is 0.453. The molecule has 0 saturated carbocycles. The van der Waals surface area contributed by atoms with E-state index in [4.69, 9.17) is 0 Å². The summed E-state index contributed by atoms with van der Waals surface area (Å²) >= 11 is 0. The summed E-state index contributed by atoms with van der Waals surface area (Å²) in [7, 11) is 0. The Balaban J connectivity index is 2.13. The van der Waals surface area contributed by atoms with Crippen molar-refractivity contribution in [2.24, 2.45) is 5.92 Å². The van der Waals surface area contributed by atoms with Crippen LogP contribution < -0.4 is 5.32 Å². The van der Waals surface area contributed by atoms with Gasteiger partial charge in [-0.25, -0.2) is 9.78 Å². The highest BCUT2D eigenvalue weighted by atomic mass is 16.2. The molecule has 1 N–H and O–H groups in total. The number of aromatic nitrogens is 2. The zero-order valence-corrected chi connectivity index (χ0v) is 15.5. The SMILES string of the molecule is CCC(CC)N(CC(C)C)C(=O)NCc1c(C)nc2ccccn12. The Bertz CT molecular complexity index is 673. The molecule has 0 aliphatic carbocycles. The molecule has 0 fully saturated rings. The van der Waals surface area contributed by atoms with E-state index in [2.05, 4.69) is 38.0 Å². The maximum Gasteiger partial charge on any atom is 0.317 e. The number of carbonyl (C=O) groups excluding carboxylic acids is 1. The normalized spacial score (nSPS) is 11.5. The number of hydrogen-bond acceptors (Lipinski definition) is 2. The van der Waals surface area contributed by atoms with Gasteiger partial charge in [-0.2, -0.15) is 0 Å². The lowest BCUT2D eigenvalue weighted by molar-refractivity contribution is 0.160. The number of rotatable bonds is 7. The minimum Gasteiger partial charge on any atom is -0.332 e. The van der Waals surface area contributed by atoms with Gasteiger partial charge in [0.25, 0.3) is 0 Å². The van der Waals surface area contributed by atoms with Gasteiger partial charge in [-0.15, -0.1) is 0 Å². The van der Waals surface area contributed by atoms with Crippen molar-refractivity contribution < 1.29 is 4.79 Å². The summed E-state index contributed by atoms with van der Waals surface area (Å²) in [5, 5.41) is 3.10. The van der Waals surface area contributed by atoms with Crippen LogP contribution in [0.2, 0.25) is 0 Å². The number of fused-ring (bicyclic) bond motifs is 1. The van der Waals surface area contributed by atoms with Crippen molar-refractivity contribution in [1.29, 1.82) is 0 Å². The second-order valence-electron chi connectivity index (χ2n) is 6.75. The van der Waals surface area contributed by atoms with Gasteiger partial charge in [-0.3, -0.25) is 0 Å². The summed E-state index contributed by atoms with van der Waals surface area (Å²) in [6, 6.07) is 6.24. The second kappa shape index (κ2) is 8.18. The van der Waals surface area contributed by atoms with Gasteiger partial charge in [0.1, 0.15) is 5.65 Å². The van der Waals surface area contributed by atoms with E-state index >= 15 is 0 Å². The van der Waals surface area contributed by atoms with Crippen LogP contribution in [-0.4, -0.2) is 32.9 Å². The quantitative estimate of drug-likeness (QED) is 0.834. The zero-order chi connectivity index (χ0) is 17.7. The summed E-state index contributed by atoms with van der Waals surface area (Å²) in [5.41, 5.74) is 2.91. The van der Waals surface area contributed by atoms with E-state index in [-0.39, 0.29) is 12.1 Å². The average Bonchev–Trinajstić information content (AvgIpc) is 2.87. The third-order valence-corrected chi connectivity index (χ3v) is 4.44. The van der Waals surface area contributed by atoms with E-state index in [0.29, 0.717) is 12.5 Å². The number of pyridine rings is 1. The van der Waals surface area contributed by atoms with Gasteiger partial charge in [0, 0.05) is 18.8 Å². The molecule has 5 nitrogen and oxygen atoms in total. The van der Waals surface area contributed by atoms with E-state index in [1.54, 1.807) is 0 Å². The molecule has 24 heavy (non-hydrogen) atoms. The molecule has 0 atom stereocenters. The largest absolute Gasteiger partial charge is 0.332 e. The molecule has 2 rings (SSSR count). The van der Waals surface area contributed by atoms with E-state index in [1.165, 1.54) is 0 Å². The van der Waals surface area contributed by atoms with Crippen LogP contribution in [0.4, 0.5) is 4.79 Å². The van der Waals surface area contributed by atoms with Gasteiger partial charge < -0.3 is 14.6 Å². The standard InChI is InChI=1S/C19H30N4O/c1-6-16(7-2)23(13-14(3)4)19(24)20-12-17-15(5)21-18-10-8-9-11-22(17)18/h8-11,14,16H,6-7,12-13H2,1-5H3,(H,20,24). The first-order valence-corrected chi connectivity index (χ1v) is 8.94. The van der Waals surface area contributed by atoms with Crippen molar-refractivity contribution in [1.82, 2.24) is 19.6 Å². The number of carbonyl (C=O) groups is 1. The topological polar surface area (TPSA) is 49.6 Å². The highest BCUT2D eigenvalue weighted by Gasteiger charge is 2.22. The predicted molar refractivity (Wildman–Crippen MR) is 98.1 cm³/mol. The smallest absolute Gasteiger partial charge is 0.317 e. The zero-order valence-electron chi connectivity index (χ0n) is 15.5. The molecule has 2 amide bonds. The predicted octanol–water partition coefficient (Wildman–Crippen LogP) is 4.00. The highest BCUT2D eigenvalue weighted by Crippen LogP contribution is 2.14. The fraction of sp³-hybridized carbons (Fsp3) is 0.579. The van der Waals surface area contributed by atoms with Crippen LogP contribution in [0.25, 0.3) is 5.65 Å². The van der Waals surface area contributed by atoms with E-state index in [0.717, 1.165) is 36.4 Å². The van der Waals surface area contributed by atoms with Gasteiger partial charge >= 0.3 is 6.03 Å². The Morgan fingerprint density at radius 2 is 2.00 bits per heavy atom. The Labute approximate surface area is 145 Å². The Hall–Kier alpha value is -2.04. The third kappa shape index (κ3) is 4.08. The van der Waals surface area contributed by atoms with Crippen molar-refractivity contribution in [3.05, 3.63) is 35.8 Å². The van der Waals surface area contributed by atoms with Crippen LogP contribution in [0.15, 0.2) is 24.4 Å². The third-order valence-electron chi connectivity index (χ3n) is 4.44. The number of nitrogens with zero attached hydrogens (tertiary/aromatic N) is 3. The lowest BCUT2D eigenvalue weighted by Gasteiger charge is -2.32. The van der Waals surface area contributed by atoms with Crippen LogP contribution in [0.3, 0.4) is 0 Å². The molecule has 2 aromatic rings. The van der Waals surface area contributed by atoms with Crippen molar-refractivity contribution in [3.63, 3.8) is 0 Å². The first-order valence-electron chi connectivity index (χ1n) is 8.94. The van der Waals surface area contributed by atoms with Gasteiger partial charge in [0.05, 0.1) is 17.9 Å². The first kappa shape index (κ1) is 18.3. The Kier molecular flexibility index (Phi) is 6.23. The molecule has 0 spiro atoms. The van der Waals surface area contributed by atoms with Crippen molar-refractivity contribution in [3.8, 4) is 0 Å². The molecular weight excluding hydrogens is 300 g/mol. The monoisotopic (exact) mass is 330 g/mol. The second-order valence-corrected chi connectivity index (χ2v) is 6.75. The van der Waals surface area contributed by atoms with Crippen LogP contribution in [0.5, 0.6) is 0 Å². The molecule has 2 heterocycles. The molecule has 0 radical (unpaired) electrons. The van der Waals surface area contributed by atoms with Crippen LogP contribution in [0, 0.1) is 12.8 Å².